The second kappa shape index (κ2) is 5.53. The third-order valence-electron chi connectivity index (χ3n) is 3.44. The summed E-state index contributed by atoms with van der Waals surface area (Å²) in [6, 6.07) is 1.99. The number of rotatable bonds is 4. The molecule has 1 aliphatic rings. The summed E-state index contributed by atoms with van der Waals surface area (Å²) in [7, 11) is 0. The zero-order valence-electron chi connectivity index (χ0n) is 10.3. The van der Waals surface area contributed by atoms with Crippen LogP contribution in [0.15, 0.2) is 9.85 Å². The van der Waals surface area contributed by atoms with Crippen LogP contribution in [0.3, 0.4) is 0 Å². The van der Waals surface area contributed by atoms with Crippen molar-refractivity contribution in [2.75, 3.05) is 13.1 Å². The molecule has 1 aliphatic carbocycles. The van der Waals surface area contributed by atoms with E-state index in [1.165, 1.54) is 19.3 Å². The maximum Gasteiger partial charge on any atom is 0.263 e. The Hall–Kier alpha value is -0.350. The molecule has 0 aromatic carbocycles. The van der Waals surface area contributed by atoms with Crippen molar-refractivity contribution in [3.8, 4) is 0 Å². The smallest absolute Gasteiger partial charge is 0.263 e. The zero-order valence-corrected chi connectivity index (χ0v) is 12.7. The molecule has 1 amide bonds. The number of halogens is 1. The number of carbonyl (C=O) groups excluding carboxylic acids is 1. The normalized spacial score (nSPS) is 15.7. The minimum Gasteiger partial charge on any atom is -0.338 e. The first-order chi connectivity index (χ1) is 8.11. The van der Waals surface area contributed by atoms with Crippen LogP contribution in [0.4, 0.5) is 0 Å². The van der Waals surface area contributed by atoms with Gasteiger partial charge in [-0.05, 0) is 60.2 Å². The molecular formula is C13H18BrNOS. The molecule has 1 heterocycles. The highest BCUT2D eigenvalue weighted by molar-refractivity contribution is 9.11. The van der Waals surface area contributed by atoms with Crippen molar-refractivity contribution in [2.45, 2.75) is 33.1 Å². The molecule has 0 bridgehead atoms. The molecule has 0 aliphatic heterocycles. The van der Waals surface area contributed by atoms with Crippen LogP contribution >= 0.6 is 27.3 Å². The number of hydrogen-bond donors (Lipinski definition) is 0. The molecule has 17 heavy (non-hydrogen) atoms. The van der Waals surface area contributed by atoms with Gasteiger partial charge in [-0.1, -0.05) is 6.42 Å². The van der Waals surface area contributed by atoms with E-state index in [9.17, 15) is 4.79 Å². The van der Waals surface area contributed by atoms with Gasteiger partial charge in [0.1, 0.15) is 0 Å². The Bertz CT molecular complexity index is 392. The number of thiophene rings is 1. The molecule has 0 atom stereocenters. The van der Waals surface area contributed by atoms with Crippen LogP contribution < -0.4 is 0 Å². The summed E-state index contributed by atoms with van der Waals surface area (Å²) in [5, 5.41) is 0. The number of hydrogen-bond acceptors (Lipinski definition) is 2. The summed E-state index contributed by atoms with van der Waals surface area (Å²) in [5.74, 6) is 0.932. The van der Waals surface area contributed by atoms with E-state index in [0.717, 1.165) is 33.2 Å². The lowest BCUT2D eigenvalue weighted by Gasteiger charge is -2.31. The van der Waals surface area contributed by atoms with Crippen molar-refractivity contribution in [1.29, 1.82) is 0 Å². The van der Waals surface area contributed by atoms with E-state index in [1.807, 2.05) is 17.9 Å². The second-order valence-corrected chi connectivity index (χ2v) is 7.08. The Morgan fingerprint density at radius 1 is 1.59 bits per heavy atom. The zero-order chi connectivity index (χ0) is 12.4. The van der Waals surface area contributed by atoms with Gasteiger partial charge in [-0.15, -0.1) is 11.3 Å². The summed E-state index contributed by atoms with van der Waals surface area (Å²) in [4.78, 5) is 15.2. The third kappa shape index (κ3) is 2.91. The molecule has 0 radical (unpaired) electrons. The summed E-state index contributed by atoms with van der Waals surface area (Å²) in [6.07, 6.45) is 3.91. The van der Waals surface area contributed by atoms with Gasteiger partial charge in [0.05, 0.1) is 8.66 Å². The maximum absolute atomic E-state index is 12.3. The Morgan fingerprint density at radius 3 is 2.71 bits per heavy atom. The molecule has 1 saturated carbocycles. The van der Waals surface area contributed by atoms with Crippen LogP contribution in [-0.2, 0) is 0 Å². The molecule has 4 heteroatoms. The average molecular weight is 316 g/mol. The topological polar surface area (TPSA) is 20.3 Å². The van der Waals surface area contributed by atoms with Crippen LogP contribution in [0.2, 0.25) is 0 Å². The standard InChI is InChI=1S/C13H18BrNOS/c1-3-15(8-10-5-4-6-10)13(16)11-7-9(2)12(14)17-11/h7,10H,3-6,8H2,1-2H3. The fourth-order valence-corrected chi connectivity index (χ4v) is 3.57. The molecule has 0 N–H and O–H groups in total. The number of nitrogens with zero attached hydrogens (tertiary/aromatic N) is 1. The largest absolute Gasteiger partial charge is 0.338 e. The Balaban J connectivity index is 2.05. The van der Waals surface area contributed by atoms with E-state index in [0.29, 0.717) is 0 Å². The monoisotopic (exact) mass is 315 g/mol. The van der Waals surface area contributed by atoms with Gasteiger partial charge in [-0.3, -0.25) is 4.79 Å². The quantitative estimate of drug-likeness (QED) is 0.819. The van der Waals surface area contributed by atoms with Gasteiger partial charge in [0, 0.05) is 13.1 Å². The number of carbonyl (C=O) groups is 1. The van der Waals surface area contributed by atoms with Crippen molar-refractivity contribution >= 4 is 33.2 Å². The van der Waals surface area contributed by atoms with Gasteiger partial charge in [-0.2, -0.15) is 0 Å². The highest BCUT2D eigenvalue weighted by Crippen LogP contribution is 2.30. The van der Waals surface area contributed by atoms with Gasteiger partial charge in [0.15, 0.2) is 0 Å². The van der Waals surface area contributed by atoms with Gasteiger partial charge >= 0.3 is 0 Å². The molecule has 1 aromatic heterocycles. The van der Waals surface area contributed by atoms with Crippen LogP contribution in [0.1, 0.15) is 41.4 Å². The first kappa shape index (κ1) is 13.1. The summed E-state index contributed by atoms with van der Waals surface area (Å²) in [6.45, 7) is 5.83. The molecule has 1 aromatic rings. The molecule has 1 fully saturated rings. The highest BCUT2D eigenvalue weighted by atomic mass is 79.9. The summed E-state index contributed by atoms with van der Waals surface area (Å²) >= 11 is 5.02. The first-order valence-electron chi connectivity index (χ1n) is 6.17. The Kier molecular flexibility index (Phi) is 4.26. The average Bonchev–Trinajstić information content (AvgIpc) is 2.57. The highest BCUT2D eigenvalue weighted by Gasteiger charge is 2.24. The fraction of sp³-hybridized carbons (Fsp3) is 0.615. The summed E-state index contributed by atoms with van der Waals surface area (Å²) in [5.41, 5.74) is 1.15. The van der Waals surface area contributed by atoms with Crippen molar-refractivity contribution in [3.63, 3.8) is 0 Å². The maximum atomic E-state index is 12.3. The van der Waals surface area contributed by atoms with Crippen molar-refractivity contribution in [1.82, 2.24) is 4.90 Å². The SMILES string of the molecule is CCN(CC1CCC1)C(=O)c1cc(C)c(Br)s1. The summed E-state index contributed by atoms with van der Waals surface area (Å²) < 4.78 is 1.07. The number of amides is 1. The van der Waals surface area contributed by atoms with E-state index >= 15 is 0 Å². The lowest BCUT2D eigenvalue weighted by molar-refractivity contribution is 0.0711. The Morgan fingerprint density at radius 2 is 2.29 bits per heavy atom. The Labute approximate surface area is 115 Å². The number of aryl methyl sites for hydroxylation is 1. The van der Waals surface area contributed by atoms with Crippen molar-refractivity contribution in [2.24, 2.45) is 5.92 Å². The van der Waals surface area contributed by atoms with Gasteiger partial charge in [0.2, 0.25) is 0 Å². The minimum atomic E-state index is 0.193. The predicted octanol–water partition coefficient (Wildman–Crippen LogP) is 4.08. The van der Waals surface area contributed by atoms with Crippen LogP contribution in [0, 0.1) is 12.8 Å². The van der Waals surface area contributed by atoms with Crippen LogP contribution in [-0.4, -0.2) is 23.9 Å². The fourth-order valence-electron chi connectivity index (χ4n) is 2.06. The van der Waals surface area contributed by atoms with E-state index in [-0.39, 0.29) is 5.91 Å². The van der Waals surface area contributed by atoms with Gasteiger partial charge < -0.3 is 4.90 Å². The van der Waals surface area contributed by atoms with Gasteiger partial charge in [-0.25, -0.2) is 0 Å². The molecule has 94 valence electrons. The van der Waals surface area contributed by atoms with E-state index < -0.39 is 0 Å². The van der Waals surface area contributed by atoms with E-state index in [1.54, 1.807) is 11.3 Å². The van der Waals surface area contributed by atoms with E-state index in [2.05, 4.69) is 22.9 Å². The minimum absolute atomic E-state index is 0.193. The molecule has 0 unspecified atom stereocenters. The molecule has 0 saturated heterocycles. The van der Waals surface area contributed by atoms with Crippen molar-refractivity contribution < 1.29 is 4.79 Å². The lowest BCUT2D eigenvalue weighted by Crippen LogP contribution is -2.36. The molecular weight excluding hydrogens is 298 g/mol. The molecule has 2 rings (SSSR count). The van der Waals surface area contributed by atoms with E-state index in [4.69, 9.17) is 0 Å². The van der Waals surface area contributed by atoms with Gasteiger partial charge in [0.25, 0.3) is 5.91 Å². The second-order valence-electron chi connectivity index (χ2n) is 4.71. The lowest BCUT2D eigenvalue weighted by atomic mass is 9.85. The molecule has 2 nitrogen and oxygen atoms in total. The third-order valence-corrected chi connectivity index (χ3v) is 5.56. The predicted molar refractivity (Wildman–Crippen MR) is 75.7 cm³/mol. The van der Waals surface area contributed by atoms with Crippen molar-refractivity contribution in [3.05, 3.63) is 20.3 Å². The first-order valence-corrected chi connectivity index (χ1v) is 7.78. The van der Waals surface area contributed by atoms with Crippen LogP contribution in [0.5, 0.6) is 0 Å². The van der Waals surface area contributed by atoms with Crippen LogP contribution in [0.25, 0.3) is 0 Å². The molecule has 0 spiro atoms.